The van der Waals surface area contributed by atoms with Gasteiger partial charge in [-0.15, -0.1) is 0 Å². The van der Waals surface area contributed by atoms with Crippen molar-refractivity contribution in [2.75, 3.05) is 6.61 Å². The van der Waals surface area contributed by atoms with Crippen molar-refractivity contribution < 1.29 is 13.2 Å². The molecule has 0 atom stereocenters. The van der Waals surface area contributed by atoms with E-state index >= 15 is 0 Å². The monoisotopic (exact) mass is 318 g/mol. The van der Waals surface area contributed by atoms with Crippen LogP contribution >= 0.6 is 10.7 Å². The van der Waals surface area contributed by atoms with Crippen molar-refractivity contribution in [3.8, 4) is 5.75 Å². The van der Waals surface area contributed by atoms with Crippen LogP contribution in [0, 0.1) is 20.8 Å². The van der Waals surface area contributed by atoms with Gasteiger partial charge in [-0.05, 0) is 49.9 Å². The Kier molecular flexibility index (Phi) is 6.34. The maximum atomic E-state index is 11.5. The summed E-state index contributed by atoms with van der Waals surface area (Å²) >= 11 is 0. The van der Waals surface area contributed by atoms with E-state index in [0.717, 1.165) is 29.7 Å². The number of rotatable bonds is 7. The fourth-order valence-corrected chi connectivity index (χ4v) is 3.52. The first-order valence-corrected chi connectivity index (χ1v) is 9.28. The normalized spacial score (nSPS) is 11.7. The molecule has 0 radical (unpaired) electrons. The Morgan fingerprint density at radius 3 is 2.30 bits per heavy atom. The van der Waals surface area contributed by atoms with Gasteiger partial charge in [0.05, 0.1) is 11.5 Å². The zero-order valence-corrected chi connectivity index (χ0v) is 14.2. The van der Waals surface area contributed by atoms with Crippen molar-refractivity contribution in [1.29, 1.82) is 0 Å². The third kappa shape index (κ3) is 4.38. The van der Waals surface area contributed by atoms with Gasteiger partial charge in [0.1, 0.15) is 5.75 Å². The molecule has 0 aliphatic heterocycles. The van der Waals surface area contributed by atoms with Crippen LogP contribution in [0.2, 0.25) is 0 Å². The van der Waals surface area contributed by atoms with Crippen LogP contribution in [0.25, 0.3) is 0 Å². The number of hydrogen-bond donors (Lipinski definition) is 0. The minimum absolute atomic E-state index is 0.174. The standard InChI is InChI=1S/C15H23ClO3S/c1-5-6-7-8-9-19-15-11(2)10-14(20(16,17)18)12(3)13(15)4/h10H,5-9H2,1-4H3. The highest BCUT2D eigenvalue weighted by Crippen LogP contribution is 2.32. The van der Waals surface area contributed by atoms with E-state index in [1.54, 1.807) is 13.0 Å². The van der Waals surface area contributed by atoms with Crippen LogP contribution in [0.4, 0.5) is 0 Å². The van der Waals surface area contributed by atoms with Crippen LogP contribution in [-0.2, 0) is 9.05 Å². The summed E-state index contributed by atoms with van der Waals surface area (Å²) in [6, 6.07) is 1.59. The molecule has 114 valence electrons. The first-order valence-electron chi connectivity index (χ1n) is 6.97. The molecule has 1 aromatic carbocycles. The van der Waals surface area contributed by atoms with Gasteiger partial charge < -0.3 is 4.74 Å². The highest BCUT2D eigenvalue weighted by atomic mass is 35.7. The minimum Gasteiger partial charge on any atom is -0.493 e. The molecule has 3 nitrogen and oxygen atoms in total. The second-order valence-electron chi connectivity index (χ2n) is 5.12. The van der Waals surface area contributed by atoms with E-state index in [4.69, 9.17) is 15.4 Å². The predicted molar refractivity (Wildman–Crippen MR) is 83.3 cm³/mol. The Labute approximate surface area is 126 Å². The number of halogens is 1. The summed E-state index contributed by atoms with van der Waals surface area (Å²) in [5, 5.41) is 0. The third-order valence-electron chi connectivity index (χ3n) is 3.49. The van der Waals surface area contributed by atoms with Crippen molar-refractivity contribution >= 4 is 19.7 Å². The summed E-state index contributed by atoms with van der Waals surface area (Å²) < 4.78 is 28.9. The molecule has 0 aromatic heterocycles. The van der Waals surface area contributed by atoms with E-state index < -0.39 is 9.05 Å². The second kappa shape index (κ2) is 7.32. The van der Waals surface area contributed by atoms with E-state index in [1.165, 1.54) is 12.8 Å². The molecular weight excluding hydrogens is 296 g/mol. The van der Waals surface area contributed by atoms with E-state index in [1.807, 2.05) is 13.8 Å². The average molecular weight is 319 g/mol. The van der Waals surface area contributed by atoms with Gasteiger partial charge in [-0.3, -0.25) is 0 Å². The van der Waals surface area contributed by atoms with E-state index in [9.17, 15) is 8.42 Å². The minimum atomic E-state index is -3.71. The van der Waals surface area contributed by atoms with Gasteiger partial charge >= 0.3 is 0 Å². The van der Waals surface area contributed by atoms with Crippen molar-refractivity contribution in [2.24, 2.45) is 0 Å². The summed E-state index contributed by atoms with van der Waals surface area (Å²) in [4.78, 5) is 0.174. The molecule has 0 bridgehead atoms. The van der Waals surface area contributed by atoms with E-state index in [-0.39, 0.29) is 4.90 Å². The molecule has 0 unspecified atom stereocenters. The first-order chi connectivity index (χ1) is 9.29. The molecular formula is C15H23ClO3S. The SMILES string of the molecule is CCCCCCOc1c(C)cc(S(=O)(=O)Cl)c(C)c1C. The van der Waals surface area contributed by atoms with Crippen molar-refractivity contribution in [3.05, 3.63) is 22.8 Å². The number of hydrogen-bond acceptors (Lipinski definition) is 3. The second-order valence-corrected chi connectivity index (χ2v) is 7.65. The lowest BCUT2D eigenvalue weighted by atomic mass is 10.1. The lowest BCUT2D eigenvalue weighted by Crippen LogP contribution is -2.05. The van der Waals surface area contributed by atoms with Crippen LogP contribution in [0.5, 0.6) is 5.75 Å². The quantitative estimate of drug-likeness (QED) is 0.549. The largest absolute Gasteiger partial charge is 0.493 e. The van der Waals surface area contributed by atoms with Gasteiger partial charge in [-0.1, -0.05) is 26.2 Å². The zero-order chi connectivity index (χ0) is 15.3. The molecule has 0 aliphatic carbocycles. The van der Waals surface area contributed by atoms with Gasteiger partial charge in [-0.2, -0.15) is 0 Å². The molecule has 0 aliphatic rings. The topological polar surface area (TPSA) is 43.4 Å². The van der Waals surface area contributed by atoms with Crippen LogP contribution in [0.15, 0.2) is 11.0 Å². The summed E-state index contributed by atoms with van der Waals surface area (Å²) in [6.07, 6.45) is 4.58. The third-order valence-corrected chi connectivity index (χ3v) is 4.93. The highest BCUT2D eigenvalue weighted by Gasteiger charge is 2.19. The van der Waals surface area contributed by atoms with Gasteiger partial charge in [-0.25, -0.2) is 8.42 Å². The Hall–Kier alpha value is -0.740. The van der Waals surface area contributed by atoms with Gasteiger partial charge in [0.25, 0.3) is 9.05 Å². The van der Waals surface area contributed by atoms with Crippen LogP contribution in [0.1, 0.15) is 49.3 Å². The Bertz CT molecular complexity index is 565. The lowest BCUT2D eigenvalue weighted by molar-refractivity contribution is 0.300. The Morgan fingerprint density at radius 2 is 1.75 bits per heavy atom. The van der Waals surface area contributed by atoms with Crippen molar-refractivity contribution in [1.82, 2.24) is 0 Å². The maximum absolute atomic E-state index is 11.5. The van der Waals surface area contributed by atoms with E-state index in [0.29, 0.717) is 12.2 Å². The van der Waals surface area contributed by atoms with Gasteiger partial charge in [0.2, 0.25) is 0 Å². The number of ether oxygens (including phenoxy) is 1. The average Bonchev–Trinajstić information content (AvgIpc) is 2.35. The molecule has 0 saturated carbocycles. The number of benzene rings is 1. The molecule has 20 heavy (non-hydrogen) atoms. The van der Waals surface area contributed by atoms with Crippen molar-refractivity contribution in [2.45, 2.75) is 58.3 Å². The van der Waals surface area contributed by atoms with Gasteiger partial charge in [0.15, 0.2) is 0 Å². The predicted octanol–water partition coefficient (Wildman–Crippen LogP) is 4.50. The summed E-state index contributed by atoms with van der Waals surface area (Å²) in [5.41, 5.74) is 2.32. The molecule has 1 aromatic rings. The van der Waals surface area contributed by atoms with Gasteiger partial charge in [0, 0.05) is 10.7 Å². The molecule has 0 spiro atoms. The molecule has 1 rings (SSSR count). The molecule has 0 heterocycles. The van der Waals surface area contributed by atoms with Crippen LogP contribution in [-0.4, -0.2) is 15.0 Å². The molecule has 0 N–H and O–H groups in total. The fourth-order valence-electron chi connectivity index (χ4n) is 2.20. The van der Waals surface area contributed by atoms with Crippen molar-refractivity contribution in [3.63, 3.8) is 0 Å². The molecule has 0 fully saturated rings. The Morgan fingerprint density at radius 1 is 1.10 bits per heavy atom. The van der Waals surface area contributed by atoms with Crippen LogP contribution in [0.3, 0.4) is 0 Å². The fraction of sp³-hybridized carbons (Fsp3) is 0.600. The van der Waals surface area contributed by atoms with Crippen LogP contribution < -0.4 is 4.74 Å². The zero-order valence-electron chi connectivity index (χ0n) is 12.6. The number of aryl methyl sites for hydroxylation is 1. The first kappa shape index (κ1) is 17.3. The summed E-state index contributed by atoms with van der Waals surface area (Å²) in [5.74, 6) is 0.781. The molecule has 5 heteroatoms. The smallest absolute Gasteiger partial charge is 0.261 e. The molecule has 0 amide bonds. The Balaban J connectivity index is 2.92. The summed E-state index contributed by atoms with van der Waals surface area (Å²) in [6.45, 7) is 8.31. The maximum Gasteiger partial charge on any atom is 0.261 e. The highest BCUT2D eigenvalue weighted by molar-refractivity contribution is 8.13. The number of unbranched alkanes of at least 4 members (excludes halogenated alkanes) is 3. The lowest BCUT2D eigenvalue weighted by Gasteiger charge is -2.16. The van der Waals surface area contributed by atoms with E-state index in [2.05, 4.69) is 6.92 Å². The summed E-state index contributed by atoms with van der Waals surface area (Å²) in [7, 11) is 1.74. The molecule has 0 saturated heterocycles.